The van der Waals surface area contributed by atoms with Crippen molar-refractivity contribution in [2.45, 2.75) is 50.5 Å². The molecule has 0 aromatic heterocycles. The SMILES string of the molecule is O=C(CCNC(=O)OCC1c2ccccc2-c2ccccc21)N[C@H]1CCCCC[C@H]1C(=O)O. The minimum absolute atomic E-state index is 0.0189. The summed E-state index contributed by atoms with van der Waals surface area (Å²) in [6, 6.07) is 15.9. The summed E-state index contributed by atoms with van der Waals surface area (Å²) < 4.78 is 5.48. The summed E-state index contributed by atoms with van der Waals surface area (Å²) in [6.07, 6.45) is 3.52. The molecule has 2 aliphatic carbocycles. The molecule has 0 saturated heterocycles. The molecular weight excluding hydrogens is 420 g/mol. The van der Waals surface area contributed by atoms with Crippen LogP contribution in [0.1, 0.15) is 55.6 Å². The van der Waals surface area contributed by atoms with E-state index in [2.05, 4.69) is 34.9 Å². The van der Waals surface area contributed by atoms with E-state index in [1.807, 2.05) is 24.3 Å². The molecule has 2 atom stereocenters. The molecule has 0 radical (unpaired) electrons. The summed E-state index contributed by atoms with van der Waals surface area (Å²) in [7, 11) is 0. The molecule has 7 nitrogen and oxygen atoms in total. The summed E-state index contributed by atoms with van der Waals surface area (Å²) in [5, 5.41) is 14.9. The van der Waals surface area contributed by atoms with E-state index >= 15 is 0 Å². The number of carboxylic acids is 1. The zero-order valence-electron chi connectivity index (χ0n) is 18.6. The van der Waals surface area contributed by atoms with Crippen molar-refractivity contribution < 1.29 is 24.2 Å². The second-order valence-electron chi connectivity index (χ2n) is 8.76. The minimum Gasteiger partial charge on any atom is -0.481 e. The number of carbonyl (C=O) groups is 3. The van der Waals surface area contributed by atoms with E-state index in [9.17, 15) is 19.5 Å². The number of ether oxygens (including phenoxy) is 1. The van der Waals surface area contributed by atoms with Gasteiger partial charge in [0.1, 0.15) is 6.61 Å². The fourth-order valence-corrected chi connectivity index (χ4v) is 4.98. The predicted molar refractivity (Wildman–Crippen MR) is 124 cm³/mol. The highest BCUT2D eigenvalue weighted by molar-refractivity contribution is 5.80. The molecule has 0 heterocycles. The number of nitrogens with one attached hydrogen (secondary N) is 2. The van der Waals surface area contributed by atoms with Crippen LogP contribution in [0.25, 0.3) is 11.1 Å². The Morgan fingerprint density at radius 2 is 1.55 bits per heavy atom. The number of rotatable bonds is 7. The fourth-order valence-electron chi connectivity index (χ4n) is 4.98. The van der Waals surface area contributed by atoms with Crippen molar-refractivity contribution in [1.82, 2.24) is 10.6 Å². The van der Waals surface area contributed by atoms with Gasteiger partial charge in [-0.05, 0) is 35.1 Å². The van der Waals surface area contributed by atoms with E-state index < -0.39 is 18.0 Å². The highest BCUT2D eigenvalue weighted by atomic mass is 16.5. The molecule has 0 aliphatic heterocycles. The summed E-state index contributed by atoms with van der Waals surface area (Å²) >= 11 is 0. The first kappa shape index (κ1) is 22.8. The van der Waals surface area contributed by atoms with Crippen LogP contribution in [-0.2, 0) is 14.3 Å². The van der Waals surface area contributed by atoms with Gasteiger partial charge in [-0.2, -0.15) is 0 Å². The quantitative estimate of drug-likeness (QED) is 0.552. The van der Waals surface area contributed by atoms with Crippen LogP contribution in [0.4, 0.5) is 4.79 Å². The van der Waals surface area contributed by atoms with Crippen LogP contribution in [0.2, 0.25) is 0 Å². The number of amides is 2. The van der Waals surface area contributed by atoms with E-state index in [-0.39, 0.29) is 37.4 Å². The second-order valence-corrected chi connectivity index (χ2v) is 8.76. The third-order valence-electron chi connectivity index (χ3n) is 6.64. The molecule has 2 aromatic carbocycles. The Morgan fingerprint density at radius 1 is 0.909 bits per heavy atom. The lowest BCUT2D eigenvalue weighted by atomic mass is 9.95. The molecule has 2 aromatic rings. The third-order valence-corrected chi connectivity index (χ3v) is 6.64. The maximum Gasteiger partial charge on any atom is 0.407 e. The molecule has 0 spiro atoms. The van der Waals surface area contributed by atoms with Crippen molar-refractivity contribution in [1.29, 1.82) is 0 Å². The van der Waals surface area contributed by atoms with Crippen molar-refractivity contribution in [2.75, 3.05) is 13.2 Å². The smallest absolute Gasteiger partial charge is 0.407 e. The molecular formula is C26H30N2O5. The van der Waals surface area contributed by atoms with Crippen molar-refractivity contribution >= 4 is 18.0 Å². The topological polar surface area (TPSA) is 105 Å². The van der Waals surface area contributed by atoms with Gasteiger partial charge in [-0.15, -0.1) is 0 Å². The van der Waals surface area contributed by atoms with Crippen LogP contribution in [0.3, 0.4) is 0 Å². The number of aliphatic carboxylic acids is 1. The molecule has 4 rings (SSSR count). The van der Waals surface area contributed by atoms with Crippen LogP contribution >= 0.6 is 0 Å². The number of carbonyl (C=O) groups excluding carboxylic acids is 2. The Kier molecular flexibility index (Phi) is 7.27. The normalized spacial score (nSPS) is 19.6. The summed E-state index contributed by atoms with van der Waals surface area (Å²) in [6.45, 7) is 0.349. The Labute approximate surface area is 193 Å². The van der Waals surface area contributed by atoms with Gasteiger partial charge >= 0.3 is 12.1 Å². The fraction of sp³-hybridized carbons (Fsp3) is 0.423. The van der Waals surface area contributed by atoms with Crippen molar-refractivity contribution in [2.24, 2.45) is 5.92 Å². The molecule has 0 bridgehead atoms. The lowest BCUT2D eigenvalue weighted by molar-refractivity contribution is -0.143. The molecule has 2 amide bonds. The highest BCUT2D eigenvalue weighted by Gasteiger charge is 2.31. The first-order valence-corrected chi connectivity index (χ1v) is 11.7. The van der Waals surface area contributed by atoms with Crippen LogP contribution in [0, 0.1) is 5.92 Å². The van der Waals surface area contributed by atoms with Crippen LogP contribution in [-0.4, -0.2) is 42.3 Å². The Balaban J connectivity index is 1.24. The number of carboxylic acid groups (broad SMARTS) is 1. The molecule has 7 heteroatoms. The molecule has 1 saturated carbocycles. The summed E-state index contributed by atoms with van der Waals surface area (Å²) in [5.74, 6) is -1.69. The van der Waals surface area contributed by atoms with Crippen molar-refractivity contribution in [3.05, 3.63) is 59.7 Å². The van der Waals surface area contributed by atoms with Gasteiger partial charge in [-0.3, -0.25) is 9.59 Å². The average molecular weight is 451 g/mol. The predicted octanol–water partition coefficient (Wildman–Crippen LogP) is 4.06. The number of benzene rings is 2. The maximum atomic E-state index is 12.3. The number of hydrogen-bond donors (Lipinski definition) is 3. The zero-order chi connectivity index (χ0) is 23.2. The third kappa shape index (κ3) is 5.35. The monoisotopic (exact) mass is 450 g/mol. The van der Waals surface area contributed by atoms with Gasteiger partial charge < -0.3 is 20.5 Å². The molecule has 3 N–H and O–H groups in total. The van der Waals surface area contributed by atoms with E-state index in [4.69, 9.17) is 4.74 Å². The van der Waals surface area contributed by atoms with Gasteiger partial charge in [0.05, 0.1) is 5.92 Å². The largest absolute Gasteiger partial charge is 0.481 e. The lowest BCUT2D eigenvalue weighted by Gasteiger charge is -2.22. The van der Waals surface area contributed by atoms with Gasteiger partial charge in [0, 0.05) is 24.9 Å². The van der Waals surface area contributed by atoms with E-state index in [1.54, 1.807) is 0 Å². The molecule has 1 fully saturated rings. The molecule has 33 heavy (non-hydrogen) atoms. The maximum absolute atomic E-state index is 12.3. The Morgan fingerprint density at radius 3 is 2.21 bits per heavy atom. The summed E-state index contributed by atoms with van der Waals surface area (Å²) in [4.78, 5) is 36.1. The highest BCUT2D eigenvalue weighted by Crippen LogP contribution is 2.44. The lowest BCUT2D eigenvalue weighted by Crippen LogP contribution is -2.43. The van der Waals surface area contributed by atoms with Crippen LogP contribution in [0.15, 0.2) is 48.5 Å². The van der Waals surface area contributed by atoms with E-state index in [0.717, 1.165) is 41.5 Å². The zero-order valence-corrected chi connectivity index (χ0v) is 18.6. The van der Waals surface area contributed by atoms with Crippen molar-refractivity contribution in [3.63, 3.8) is 0 Å². The van der Waals surface area contributed by atoms with Crippen LogP contribution < -0.4 is 10.6 Å². The number of hydrogen-bond acceptors (Lipinski definition) is 4. The minimum atomic E-state index is -0.862. The van der Waals surface area contributed by atoms with E-state index in [1.165, 1.54) is 0 Å². The second kappa shape index (κ2) is 10.5. The first-order chi connectivity index (χ1) is 16.0. The molecule has 174 valence electrons. The van der Waals surface area contributed by atoms with Gasteiger partial charge in [-0.1, -0.05) is 67.8 Å². The number of alkyl carbamates (subject to hydrolysis) is 1. The number of fused-ring (bicyclic) bond motifs is 3. The van der Waals surface area contributed by atoms with E-state index in [0.29, 0.717) is 12.8 Å². The average Bonchev–Trinajstić information content (AvgIpc) is 2.94. The first-order valence-electron chi connectivity index (χ1n) is 11.7. The standard InChI is InChI=1S/C26H30N2O5/c29-24(28-23-13-3-1-2-12-21(23)25(30)31)14-15-27-26(32)33-16-22-19-10-6-4-8-17(19)18-9-5-7-11-20(18)22/h4-11,21-23H,1-3,12-16H2,(H,27,32)(H,28,29)(H,30,31)/t21-,23+/m1/s1. The summed E-state index contributed by atoms with van der Waals surface area (Å²) in [5.41, 5.74) is 4.61. The van der Waals surface area contributed by atoms with Gasteiger partial charge in [-0.25, -0.2) is 4.79 Å². The van der Waals surface area contributed by atoms with Crippen LogP contribution in [0.5, 0.6) is 0 Å². The van der Waals surface area contributed by atoms with Gasteiger partial charge in [0.15, 0.2) is 0 Å². The Hall–Kier alpha value is -3.35. The van der Waals surface area contributed by atoms with Gasteiger partial charge in [0.25, 0.3) is 0 Å². The molecule has 0 unspecified atom stereocenters. The van der Waals surface area contributed by atoms with Crippen molar-refractivity contribution in [3.8, 4) is 11.1 Å². The Bertz CT molecular complexity index is 976. The molecule has 2 aliphatic rings. The van der Waals surface area contributed by atoms with Gasteiger partial charge in [0.2, 0.25) is 5.91 Å².